The lowest BCUT2D eigenvalue weighted by atomic mass is 10.1. The predicted octanol–water partition coefficient (Wildman–Crippen LogP) is 3.52. The Hall–Kier alpha value is -1.96. The number of amides is 1. The number of anilines is 1. The third-order valence-electron chi connectivity index (χ3n) is 4.10. The molecule has 28 heavy (non-hydrogen) atoms. The van der Waals surface area contributed by atoms with Crippen molar-refractivity contribution in [3.8, 4) is 5.75 Å². The van der Waals surface area contributed by atoms with Gasteiger partial charge in [-0.1, -0.05) is 35.3 Å². The molecule has 1 amide bonds. The van der Waals surface area contributed by atoms with Gasteiger partial charge in [0.1, 0.15) is 11.8 Å². The monoisotopic (exact) mass is 444 g/mol. The molecule has 1 N–H and O–H groups in total. The van der Waals surface area contributed by atoms with Crippen LogP contribution in [-0.2, 0) is 21.2 Å². The van der Waals surface area contributed by atoms with Gasteiger partial charge in [0.05, 0.1) is 24.1 Å². The summed E-state index contributed by atoms with van der Waals surface area (Å²) < 4.78 is 30.8. The summed E-state index contributed by atoms with van der Waals surface area (Å²) >= 11 is 12.0. The van der Waals surface area contributed by atoms with Gasteiger partial charge >= 0.3 is 0 Å². The third kappa shape index (κ3) is 5.77. The molecule has 6 nitrogen and oxygen atoms in total. The van der Waals surface area contributed by atoms with E-state index in [4.69, 9.17) is 27.9 Å². The molecule has 152 valence electrons. The van der Waals surface area contributed by atoms with Gasteiger partial charge in [-0.2, -0.15) is 0 Å². The standard InChI is InChI=1S/C19H22Cl2N2O4S/c1-13(19(24)22-11-10-14-4-6-15(20)7-5-14)23(28(3,25)26)16-8-9-18(27-2)17(21)12-16/h4-9,12-13H,10-11H2,1-3H3,(H,22,24)/t13-/m1/s1. The van der Waals surface area contributed by atoms with Gasteiger partial charge in [0, 0.05) is 11.6 Å². The molecular weight excluding hydrogens is 423 g/mol. The topological polar surface area (TPSA) is 75.7 Å². The molecule has 9 heteroatoms. The lowest BCUT2D eigenvalue weighted by Gasteiger charge is -2.28. The number of hydrogen-bond donors (Lipinski definition) is 1. The van der Waals surface area contributed by atoms with Crippen LogP contribution in [-0.4, -0.2) is 40.3 Å². The summed E-state index contributed by atoms with van der Waals surface area (Å²) in [5, 5.41) is 3.67. The van der Waals surface area contributed by atoms with Crippen molar-refractivity contribution < 1.29 is 17.9 Å². The van der Waals surface area contributed by atoms with Crippen molar-refractivity contribution in [2.24, 2.45) is 0 Å². The molecule has 0 aliphatic carbocycles. The average Bonchev–Trinajstić information content (AvgIpc) is 2.62. The number of nitrogens with one attached hydrogen (secondary N) is 1. The summed E-state index contributed by atoms with van der Waals surface area (Å²) in [6.45, 7) is 1.89. The van der Waals surface area contributed by atoms with Gasteiger partial charge in [-0.15, -0.1) is 0 Å². The number of nitrogens with zero attached hydrogens (tertiary/aromatic N) is 1. The van der Waals surface area contributed by atoms with Crippen LogP contribution in [0.4, 0.5) is 5.69 Å². The molecule has 0 aliphatic rings. The summed E-state index contributed by atoms with van der Waals surface area (Å²) in [7, 11) is -2.26. The Morgan fingerprint density at radius 1 is 1.18 bits per heavy atom. The van der Waals surface area contributed by atoms with E-state index in [-0.39, 0.29) is 10.7 Å². The quantitative estimate of drug-likeness (QED) is 0.675. The Balaban J connectivity index is 2.11. The van der Waals surface area contributed by atoms with E-state index in [2.05, 4.69) is 5.32 Å². The number of methoxy groups -OCH3 is 1. The van der Waals surface area contributed by atoms with E-state index < -0.39 is 22.0 Å². The Labute approximate surface area is 175 Å². The summed E-state index contributed by atoms with van der Waals surface area (Å²) in [4.78, 5) is 12.6. The van der Waals surface area contributed by atoms with Crippen LogP contribution in [0.25, 0.3) is 0 Å². The molecule has 0 spiro atoms. The summed E-state index contributed by atoms with van der Waals surface area (Å²) in [5.41, 5.74) is 1.30. The fourth-order valence-electron chi connectivity index (χ4n) is 2.73. The fourth-order valence-corrected chi connectivity index (χ4v) is 4.27. The highest BCUT2D eigenvalue weighted by molar-refractivity contribution is 7.92. The van der Waals surface area contributed by atoms with Crippen LogP contribution >= 0.6 is 23.2 Å². The Bertz CT molecular complexity index is 933. The molecule has 0 aliphatic heterocycles. The van der Waals surface area contributed by atoms with E-state index in [0.29, 0.717) is 23.7 Å². The van der Waals surface area contributed by atoms with E-state index in [9.17, 15) is 13.2 Å². The number of benzene rings is 2. The number of rotatable bonds is 8. The number of sulfonamides is 1. The van der Waals surface area contributed by atoms with Gasteiger partial charge in [0.15, 0.2) is 0 Å². The lowest BCUT2D eigenvalue weighted by Crippen LogP contribution is -2.48. The van der Waals surface area contributed by atoms with Crippen molar-refractivity contribution in [1.29, 1.82) is 0 Å². The molecule has 2 rings (SSSR count). The number of halogens is 2. The van der Waals surface area contributed by atoms with Gasteiger partial charge in [0.25, 0.3) is 0 Å². The first-order valence-corrected chi connectivity index (χ1v) is 11.1. The zero-order chi connectivity index (χ0) is 20.9. The first kappa shape index (κ1) is 22.3. The molecule has 0 radical (unpaired) electrons. The molecule has 2 aromatic rings. The second-order valence-corrected chi connectivity index (χ2v) is 8.92. The molecular formula is C19H22Cl2N2O4S. The van der Waals surface area contributed by atoms with Crippen molar-refractivity contribution in [1.82, 2.24) is 5.32 Å². The van der Waals surface area contributed by atoms with Gasteiger partial charge in [-0.25, -0.2) is 8.42 Å². The first-order chi connectivity index (χ1) is 13.1. The number of carbonyl (C=O) groups is 1. The van der Waals surface area contributed by atoms with E-state index in [1.54, 1.807) is 24.3 Å². The second kappa shape index (κ2) is 9.49. The van der Waals surface area contributed by atoms with Crippen LogP contribution in [0.3, 0.4) is 0 Å². The van der Waals surface area contributed by atoms with Gasteiger partial charge in [0.2, 0.25) is 15.9 Å². The minimum Gasteiger partial charge on any atom is -0.495 e. The van der Waals surface area contributed by atoms with Crippen molar-refractivity contribution in [3.63, 3.8) is 0 Å². The van der Waals surface area contributed by atoms with E-state index in [1.807, 2.05) is 12.1 Å². The number of carbonyl (C=O) groups excluding carboxylic acids is 1. The molecule has 0 bridgehead atoms. The van der Waals surface area contributed by atoms with Crippen molar-refractivity contribution in [2.45, 2.75) is 19.4 Å². The predicted molar refractivity (Wildman–Crippen MR) is 113 cm³/mol. The normalized spacial score (nSPS) is 12.3. The van der Waals surface area contributed by atoms with E-state index in [1.165, 1.54) is 20.1 Å². The summed E-state index contributed by atoms with van der Waals surface area (Å²) in [5.74, 6) is 0.00488. The second-order valence-electron chi connectivity index (χ2n) is 6.22. The van der Waals surface area contributed by atoms with Crippen molar-refractivity contribution in [2.75, 3.05) is 24.2 Å². The van der Waals surface area contributed by atoms with Crippen LogP contribution < -0.4 is 14.4 Å². The Morgan fingerprint density at radius 3 is 2.36 bits per heavy atom. The molecule has 0 fully saturated rings. The van der Waals surface area contributed by atoms with Crippen LogP contribution in [0.1, 0.15) is 12.5 Å². The molecule has 0 saturated heterocycles. The Morgan fingerprint density at radius 2 is 1.82 bits per heavy atom. The number of ether oxygens (including phenoxy) is 1. The SMILES string of the molecule is COc1ccc(N([C@H](C)C(=O)NCCc2ccc(Cl)cc2)S(C)(=O)=O)cc1Cl. The highest BCUT2D eigenvalue weighted by Crippen LogP contribution is 2.31. The maximum Gasteiger partial charge on any atom is 0.243 e. The number of hydrogen-bond acceptors (Lipinski definition) is 4. The third-order valence-corrected chi connectivity index (χ3v) is 5.89. The summed E-state index contributed by atoms with van der Waals surface area (Å²) in [6, 6.07) is 10.9. The van der Waals surface area contributed by atoms with Crippen LogP contribution in [0, 0.1) is 0 Å². The fraction of sp³-hybridized carbons (Fsp3) is 0.316. The first-order valence-electron chi connectivity index (χ1n) is 8.48. The zero-order valence-electron chi connectivity index (χ0n) is 15.8. The van der Waals surface area contributed by atoms with Crippen molar-refractivity contribution >= 4 is 44.8 Å². The zero-order valence-corrected chi connectivity index (χ0v) is 18.1. The molecule has 2 aromatic carbocycles. The van der Waals surface area contributed by atoms with Crippen molar-refractivity contribution in [3.05, 3.63) is 58.1 Å². The average molecular weight is 445 g/mol. The lowest BCUT2D eigenvalue weighted by molar-refractivity contribution is -0.121. The smallest absolute Gasteiger partial charge is 0.243 e. The largest absolute Gasteiger partial charge is 0.495 e. The van der Waals surface area contributed by atoms with Gasteiger partial charge < -0.3 is 10.1 Å². The Kier molecular flexibility index (Phi) is 7.57. The molecule has 0 unspecified atom stereocenters. The highest BCUT2D eigenvalue weighted by Gasteiger charge is 2.29. The van der Waals surface area contributed by atoms with E-state index >= 15 is 0 Å². The maximum atomic E-state index is 12.6. The summed E-state index contributed by atoms with van der Waals surface area (Å²) in [6.07, 6.45) is 1.64. The molecule has 0 heterocycles. The minimum absolute atomic E-state index is 0.254. The van der Waals surface area contributed by atoms with Gasteiger partial charge in [-0.3, -0.25) is 9.10 Å². The maximum absolute atomic E-state index is 12.6. The van der Waals surface area contributed by atoms with Crippen LogP contribution in [0.5, 0.6) is 5.75 Å². The van der Waals surface area contributed by atoms with Crippen LogP contribution in [0.2, 0.25) is 10.0 Å². The molecule has 1 atom stereocenters. The highest BCUT2D eigenvalue weighted by atomic mass is 35.5. The van der Waals surface area contributed by atoms with Crippen LogP contribution in [0.15, 0.2) is 42.5 Å². The van der Waals surface area contributed by atoms with Gasteiger partial charge in [-0.05, 0) is 49.2 Å². The minimum atomic E-state index is -3.72. The van der Waals surface area contributed by atoms with E-state index in [0.717, 1.165) is 16.1 Å². The molecule has 0 aromatic heterocycles. The molecule has 0 saturated carbocycles.